The van der Waals surface area contributed by atoms with Gasteiger partial charge in [-0.2, -0.15) is 4.37 Å². The molecule has 15 heavy (non-hydrogen) atoms. The Morgan fingerprint density at radius 3 is 3.00 bits per heavy atom. The van der Waals surface area contributed by atoms with Gasteiger partial charge in [0.25, 0.3) is 0 Å². The molecular formula is C10H16ClN3S. The first-order chi connectivity index (χ1) is 7.28. The van der Waals surface area contributed by atoms with Gasteiger partial charge in [-0.25, -0.2) is 4.98 Å². The van der Waals surface area contributed by atoms with Crippen LogP contribution in [0.15, 0.2) is 0 Å². The predicted molar refractivity (Wildman–Crippen MR) is 64.8 cm³/mol. The maximum Gasteiger partial charge on any atom is 0.202 e. The van der Waals surface area contributed by atoms with Crippen molar-refractivity contribution in [3.05, 3.63) is 5.82 Å². The van der Waals surface area contributed by atoms with Crippen molar-refractivity contribution in [2.45, 2.75) is 38.0 Å². The van der Waals surface area contributed by atoms with Crippen LogP contribution in [0.1, 0.15) is 32.0 Å². The van der Waals surface area contributed by atoms with Crippen LogP contribution in [0.4, 0.5) is 5.13 Å². The zero-order valence-electron chi connectivity index (χ0n) is 8.87. The summed E-state index contributed by atoms with van der Waals surface area (Å²) in [4.78, 5) is 4.41. The molecule has 0 unspecified atom stereocenters. The minimum atomic E-state index is 0.405. The van der Waals surface area contributed by atoms with Gasteiger partial charge in [0.2, 0.25) is 5.13 Å². The Hall–Kier alpha value is -0.350. The highest BCUT2D eigenvalue weighted by molar-refractivity contribution is 7.09. The first-order valence-electron chi connectivity index (χ1n) is 5.48. The number of halogens is 1. The number of rotatable bonds is 5. The molecule has 1 saturated carbocycles. The van der Waals surface area contributed by atoms with E-state index in [9.17, 15) is 0 Å². The van der Waals surface area contributed by atoms with Gasteiger partial charge in [0, 0.05) is 29.9 Å². The third-order valence-corrected chi connectivity index (χ3v) is 3.73. The first kappa shape index (κ1) is 11.1. The summed E-state index contributed by atoms with van der Waals surface area (Å²) in [5.74, 6) is 1.69. The third kappa shape index (κ3) is 3.05. The van der Waals surface area contributed by atoms with Gasteiger partial charge in [0.05, 0.1) is 0 Å². The summed E-state index contributed by atoms with van der Waals surface area (Å²) < 4.78 is 4.28. The van der Waals surface area contributed by atoms with Gasteiger partial charge in [0.1, 0.15) is 5.82 Å². The Bertz CT molecular complexity index is 309. The zero-order chi connectivity index (χ0) is 10.7. The monoisotopic (exact) mass is 245 g/mol. The van der Waals surface area contributed by atoms with Gasteiger partial charge in [0.15, 0.2) is 0 Å². The van der Waals surface area contributed by atoms with Crippen molar-refractivity contribution < 1.29 is 0 Å². The molecule has 0 amide bonds. The van der Waals surface area contributed by atoms with E-state index in [0.29, 0.717) is 5.38 Å². The molecule has 0 saturated heterocycles. The fourth-order valence-electron chi connectivity index (χ4n) is 1.70. The Balaban J connectivity index is 1.73. The fraction of sp³-hybridized carbons (Fsp3) is 0.800. The second-order valence-electron chi connectivity index (χ2n) is 4.08. The summed E-state index contributed by atoms with van der Waals surface area (Å²) in [6.07, 6.45) is 4.35. The standard InChI is InChI=1S/C10H16ClN3S/c1-2-3-9-13-10(15-14-9)12-6-7-4-8(11)5-7/h7-8H,2-6H2,1H3,(H,12,13,14). The number of nitrogens with zero attached hydrogens (tertiary/aromatic N) is 2. The van der Waals surface area contributed by atoms with Gasteiger partial charge >= 0.3 is 0 Å². The van der Waals surface area contributed by atoms with Gasteiger partial charge in [-0.05, 0) is 25.2 Å². The van der Waals surface area contributed by atoms with Crippen LogP contribution in [0.2, 0.25) is 0 Å². The molecule has 0 spiro atoms. The summed E-state index contributed by atoms with van der Waals surface area (Å²) in [5.41, 5.74) is 0. The van der Waals surface area contributed by atoms with Gasteiger partial charge in [-0.3, -0.25) is 0 Å². The minimum absolute atomic E-state index is 0.405. The maximum absolute atomic E-state index is 5.92. The predicted octanol–water partition coefficient (Wildman–Crippen LogP) is 2.92. The number of nitrogens with one attached hydrogen (secondary N) is 1. The first-order valence-corrected chi connectivity index (χ1v) is 6.69. The molecule has 0 bridgehead atoms. The van der Waals surface area contributed by atoms with E-state index < -0.39 is 0 Å². The quantitative estimate of drug-likeness (QED) is 0.811. The molecule has 0 aromatic carbocycles. The van der Waals surface area contributed by atoms with E-state index in [0.717, 1.165) is 49.1 Å². The van der Waals surface area contributed by atoms with E-state index in [4.69, 9.17) is 11.6 Å². The second-order valence-corrected chi connectivity index (χ2v) is 5.45. The molecule has 1 aliphatic carbocycles. The number of aryl methyl sites for hydroxylation is 1. The number of aromatic nitrogens is 2. The molecule has 0 aliphatic heterocycles. The third-order valence-electron chi connectivity index (χ3n) is 2.66. The Labute approximate surface area is 99.4 Å². The lowest BCUT2D eigenvalue weighted by atomic mass is 9.85. The normalized spacial score (nSPS) is 24.9. The molecule has 1 fully saturated rings. The molecule has 0 atom stereocenters. The Morgan fingerprint density at radius 2 is 2.33 bits per heavy atom. The average Bonchev–Trinajstić information content (AvgIpc) is 2.59. The van der Waals surface area contributed by atoms with E-state index in [1.165, 1.54) is 11.5 Å². The number of hydrogen-bond donors (Lipinski definition) is 1. The van der Waals surface area contributed by atoms with E-state index in [2.05, 4.69) is 21.6 Å². The second kappa shape index (κ2) is 5.12. The van der Waals surface area contributed by atoms with Crippen molar-refractivity contribution in [1.82, 2.24) is 9.36 Å². The summed E-state index contributed by atoms with van der Waals surface area (Å²) in [5, 5.41) is 4.69. The lowest BCUT2D eigenvalue weighted by molar-refractivity contribution is 0.341. The summed E-state index contributed by atoms with van der Waals surface area (Å²) in [6.45, 7) is 3.13. The molecular weight excluding hydrogens is 230 g/mol. The summed E-state index contributed by atoms with van der Waals surface area (Å²) in [7, 11) is 0. The van der Waals surface area contributed by atoms with Crippen LogP contribution in [0.3, 0.4) is 0 Å². The van der Waals surface area contributed by atoms with Crippen LogP contribution in [-0.2, 0) is 6.42 Å². The molecule has 1 aromatic heterocycles. The number of alkyl halides is 1. The van der Waals surface area contributed by atoms with Crippen LogP contribution in [0.25, 0.3) is 0 Å². The molecule has 0 radical (unpaired) electrons. The molecule has 84 valence electrons. The van der Waals surface area contributed by atoms with Crippen molar-refractivity contribution in [3.63, 3.8) is 0 Å². The Kier molecular flexibility index (Phi) is 3.81. The highest BCUT2D eigenvalue weighted by atomic mass is 35.5. The molecule has 1 aliphatic rings. The number of hydrogen-bond acceptors (Lipinski definition) is 4. The zero-order valence-corrected chi connectivity index (χ0v) is 10.4. The molecule has 3 nitrogen and oxygen atoms in total. The van der Waals surface area contributed by atoms with E-state index in [1.807, 2.05) is 0 Å². The van der Waals surface area contributed by atoms with Gasteiger partial charge in [-0.1, -0.05) is 6.92 Å². The summed E-state index contributed by atoms with van der Waals surface area (Å²) in [6, 6.07) is 0. The van der Waals surface area contributed by atoms with Crippen molar-refractivity contribution in [3.8, 4) is 0 Å². The largest absolute Gasteiger partial charge is 0.360 e. The molecule has 1 heterocycles. The van der Waals surface area contributed by atoms with Crippen LogP contribution in [0.5, 0.6) is 0 Å². The van der Waals surface area contributed by atoms with Crippen LogP contribution < -0.4 is 5.32 Å². The SMILES string of the molecule is CCCc1nsc(NCC2CC(Cl)C2)n1. The summed E-state index contributed by atoms with van der Waals surface area (Å²) >= 11 is 7.38. The van der Waals surface area contributed by atoms with Gasteiger partial charge in [-0.15, -0.1) is 11.6 Å². The van der Waals surface area contributed by atoms with Crippen molar-refractivity contribution in [1.29, 1.82) is 0 Å². The topological polar surface area (TPSA) is 37.8 Å². The average molecular weight is 246 g/mol. The number of anilines is 1. The van der Waals surface area contributed by atoms with Crippen molar-refractivity contribution in [2.24, 2.45) is 5.92 Å². The highest BCUT2D eigenvalue weighted by Gasteiger charge is 2.26. The van der Waals surface area contributed by atoms with Crippen molar-refractivity contribution >= 4 is 28.3 Å². The van der Waals surface area contributed by atoms with Crippen LogP contribution in [0, 0.1) is 5.92 Å². The molecule has 1 N–H and O–H groups in total. The molecule has 2 rings (SSSR count). The highest BCUT2D eigenvalue weighted by Crippen LogP contribution is 2.31. The fourth-order valence-corrected chi connectivity index (χ4v) is 2.83. The molecule has 5 heteroatoms. The van der Waals surface area contributed by atoms with E-state index in [1.54, 1.807) is 0 Å². The van der Waals surface area contributed by atoms with E-state index >= 15 is 0 Å². The maximum atomic E-state index is 5.92. The van der Waals surface area contributed by atoms with E-state index in [-0.39, 0.29) is 0 Å². The lowest BCUT2D eigenvalue weighted by Crippen LogP contribution is -2.29. The minimum Gasteiger partial charge on any atom is -0.360 e. The smallest absolute Gasteiger partial charge is 0.202 e. The Morgan fingerprint density at radius 1 is 1.53 bits per heavy atom. The lowest BCUT2D eigenvalue weighted by Gasteiger charge is -2.30. The van der Waals surface area contributed by atoms with Crippen LogP contribution >= 0.6 is 23.1 Å². The molecule has 1 aromatic rings. The van der Waals surface area contributed by atoms with Gasteiger partial charge < -0.3 is 5.32 Å². The van der Waals surface area contributed by atoms with Crippen molar-refractivity contribution in [2.75, 3.05) is 11.9 Å². The van der Waals surface area contributed by atoms with Crippen LogP contribution in [-0.4, -0.2) is 21.3 Å².